The van der Waals surface area contributed by atoms with Gasteiger partial charge in [-0.1, -0.05) is 54.6 Å². The monoisotopic (exact) mass is 458 g/mol. The van der Waals surface area contributed by atoms with E-state index in [1.165, 1.54) is 6.08 Å². The number of benzene rings is 3. The number of carbonyl (C=O) groups excluding carboxylic acids is 2. The first kappa shape index (κ1) is 22.6. The van der Waals surface area contributed by atoms with Crippen LogP contribution in [0.3, 0.4) is 0 Å². The van der Waals surface area contributed by atoms with Gasteiger partial charge in [0.2, 0.25) is 6.79 Å². The van der Waals surface area contributed by atoms with Gasteiger partial charge in [-0.25, -0.2) is 4.79 Å². The number of aliphatic carboxylic acids is 1. The SMILES string of the molecule is O=C(N[C@@H](Cc1ccccc1)C(=O)O)/C(=C\c1ccc2c(c1)OCO2)NC(=O)c1ccccc1. The predicted octanol–water partition coefficient (Wildman–Crippen LogP) is 3.00. The molecule has 0 aromatic heterocycles. The lowest BCUT2D eigenvalue weighted by Crippen LogP contribution is -2.45. The topological polar surface area (TPSA) is 114 Å². The van der Waals surface area contributed by atoms with Gasteiger partial charge < -0.3 is 25.2 Å². The van der Waals surface area contributed by atoms with E-state index in [0.29, 0.717) is 22.6 Å². The Bertz CT molecular complexity index is 1220. The molecule has 0 bridgehead atoms. The molecule has 34 heavy (non-hydrogen) atoms. The summed E-state index contributed by atoms with van der Waals surface area (Å²) >= 11 is 0. The van der Waals surface area contributed by atoms with Gasteiger partial charge >= 0.3 is 5.97 Å². The fourth-order valence-electron chi connectivity index (χ4n) is 3.40. The summed E-state index contributed by atoms with van der Waals surface area (Å²) in [5, 5.41) is 14.8. The summed E-state index contributed by atoms with van der Waals surface area (Å²) in [6, 6.07) is 21.2. The predicted molar refractivity (Wildman–Crippen MR) is 124 cm³/mol. The summed E-state index contributed by atoms with van der Waals surface area (Å²) in [6.07, 6.45) is 1.55. The molecule has 0 radical (unpaired) electrons. The molecule has 0 saturated carbocycles. The fourth-order valence-corrected chi connectivity index (χ4v) is 3.40. The zero-order chi connectivity index (χ0) is 23.9. The van der Waals surface area contributed by atoms with E-state index in [-0.39, 0.29) is 18.9 Å². The van der Waals surface area contributed by atoms with Crippen LogP contribution in [0.2, 0.25) is 0 Å². The minimum Gasteiger partial charge on any atom is -0.480 e. The molecule has 8 heteroatoms. The zero-order valence-corrected chi connectivity index (χ0v) is 18.1. The first-order valence-electron chi connectivity index (χ1n) is 10.5. The second-order valence-electron chi connectivity index (χ2n) is 7.54. The normalized spacial score (nSPS) is 13.1. The minimum atomic E-state index is -1.19. The van der Waals surface area contributed by atoms with Gasteiger partial charge in [0.1, 0.15) is 11.7 Å². The van der Waals surface area contributed by atoms with Crippen LogP contribution in [0.1, 0.15) is 21.5 Å². The molecule has 172 valence electrons. The first-order chi connectivity index (χ1) is 16.5. The number of rotatable bonds is 8. The molecule has 4 rings (SSSR count). The van der Waals surface area contributed by atoms with E-state index in [2.05, 4.69) is 10.6 Å². The van der Waals surface area contributed by atoms with Gasteiger partial charge in [-0.05, 0) is 41.5 Å². The molecule has 0 saturated heterocycles. The second kappa shape index (κ2) is 10.4. The maximum absolute atomic E-state index is 13.1. The Labute approximate surface area is 195 Å². The van der Waals surface area contributed by atoms with Crippen LogP contribution in [0.5, 0.6) is 11.5 Å². The van der Waals surface area contributed by atoms with Gasteiger partial charge in [0.25, 0.3) is 11.8 Å². The summed E-state index contributed by atoms with van der Waals surface area (Å²) in [7, 11) is 0. The molecular formula is C26H22N2O6. The molecular weight excluding hydrogens is 436 g/mol. The summed E-state index contributed by atoms with van der Waals surface area (Å²) < 4.78 is 10.7. The Morgan fingerprint density at radius 2 is 1.59 bits per heavy atom. The third-order valence-corrected chi connectivity index (χ3v) is 5.12. The van der Waals surface area contributed by atoms with Crippen molar-refractivity contribution in [2.24, 2.45) is 0 Å². The summed E-state index contributed by atoms with van der Waals surface area (Å²) in [5.74, 6) is -1.34. The van der Waals surface area contributed by atoms with Gasteiger partial charge in [-0.2, -0.15) is 0 Å². The summed E-state index contributed by atoms with van der Waals surface area (Å²) in [4.78, 5) is 37.7. The van der Waals surface area contributed by atoms with Gasteiger partial charge in [0.05, 0.1) is 0 Å². The van der Waals surface area contributed by atoms with Crippen LogP contribution in [0.25, 0.3) is 6.08 Å². The van der Waals surface area contributed by atoms with Crippen molar-refractivity contribution in [2.45, 2.75) is 12.5 Å². The van der Waals surface area contributed by atoms with Crippen LogP contribution in [0.15, 0.2) is 84.6 Å². The van der Waals surface area contributed by atoms with E-state index in [4.69, 9.17) is 9.47 Å². The average molecular weight is 458 g/mol. The molecule has 1 aliphatic rings. The van der Waals surface area contributed by atoms with E-state index in [1.54, 1.807) is 72.8 Å². The fraction of sp³-hybridized carbons (Fsp3) is 0.115. The number of carboxylic acid groups (broad SMARTS) is 1. The third kappa shape index (κ3) is 5.60. The molecule has 3 N–H and O–H groups in total. The van der Waals surface area contributed by atoms with E-state index >= 15 is 0 Å². The van der Waals surface area contributed by atoms with Crippen molar-refractivity contribution in [3.8, 4) is 11.5 Å². The van der Waals surface area contributed by atoms with Crippen molar-refractivity contribution >= 4 is 23.9 Å². The quantitative estimate of drug-likeness (QED) is 0.447. The lowest BCUT2D eigenvalue weighted by molar-refractivity contribution is -0.141. The largest absolute Gasteiger partial charge is 0.480 e. The number of nitrogens with one attached hydrogen (secondary N) is 2. The molecule has 2 amide bonds. The molecule has 8 nitrogen and oxygen atoms in total. The number of carboxylic acids is 1. The molecule has 3 aromatic rings. The molecule has 0 unspecified atom stereocenters. The van der Waals surface area contributed by atoms with Crippen molar-refractivity contribution in [1.29, 1.82) is 0 Å². The zero-order valence-electron chi connectivity index (χ0n) is 18.1. The highest BCUT2D eigenvalue weighted by molar-refractivity contribution is 6.06. The van der Waals surface area contributed by atoms with Gasteiger partial charge in [-0.3, -0.25) is 9.59 Å². The molecule has 3 aromatic carbocycles. The number of ether oxygens (including phenoxy) is 2. The Hall–Kier alpha value is -4.59. The van der Waals surface area contributed by atoms with Crippen molar-refractivity contribution in [2.75, 3.05) is 6.79 Å². The lowest BCUT2D eigenvalue weighted by Gasteiger charge is -2.17. The summed E-state index contributed by atoms with van der Waals surface area (Å²) in [5.41, 5.74) is 1.57. The summed E-state index contributed by atoms with van der Waals surface area (Å²) in [6.45, 7) is 0.0976. The van der Waals surface area contributed by atoms with Crippen molar-refractivity contribution in [3.05, 3.63) is 101 Å². The smallest absolute Gasteiger partial charge is 0.326 e. The van der Waals surface area contributed by atoms with E-state index in [1.807, 2.05) is 6.07 Å². The van der Waals surface area contributed by atoms with Crippen LogP contribution < -0.4 is 20.1 Å². The van der Waals surface area contributed by atoms with Gasteiger partial charge in [0, 0.05) is 12.0 Å². The Kier molecular flexibility index (Phi) is 6.88. The lowest BCUT2D eigenvalue weighted by atomic mass is 10.1. The van der Waals surface area contributed by atoms with Crippen molar-refractivity contribution < 1.29 is 29.0 Å². The van der Waals surface area contributed by atoms with E-state index in [0.717, 1.165) is 5.56 Å². The molecule has 1 atom stereocenters. The number of fused-ring (bicyclic) bond motifs is 1. The molecule has 1 aliphatic heterocycles. The highest BCUT2D eigenvalue weighted by Crippen LogP contribution is 2.33. The maximum atomic E-state index is 13.1. The van der Waals surface area contributed by atoms with Gasteiger partial charge in [-0.15, -0.1) is 0 Å². The molecule has 0 fully saturated rings. The number of amides is 2. The number of hydrogen-bond donors (Lipinski definition) is 3. The number of carbonyl (C=O) groups is 3. The number of hydrogen-bond acceptors (Lipinski definition) is 5. The standard InChI is InChI=1S/C26H22N2O6/c29-24(19-9-5-2-6-10-19)27-20(14-18-11-12-22-23(15-18)34-16-33-22)25(30)28-21(26(31)32)13-17-7-3-1-4-8-17/h1-12,14-15,21H,13,16H2,(H,27,29)(H,28,30)(H,31,32)/b20-14+/t21-/m0/s1. The van der Waals surface area contributed by atoms with Crippen LogP contribution >= 0.6 is 0 Å². The van der Waals surface area contributed by atoms with E-state index < -0.39 is 23.8 Å². The highest BCUT2D eigenvalue weighted by atomic mass is 16.7. The maximum Gasteiger partial charge on any atom is 0.326 e. The third-order valence-electron chi connectivity index (χ3n) is 5.12. The average Bonchev–Trinajstić information content (AvgIpc) is 3.32. The van der Waals surface area contributed by atoms with Crippen molar-refractivity contribution in [1.82, 2.24) is 10.6 Å². The Balaban J connectivity index is 1.60. The first-order valence-corrected chi connectivity index (χ1v) is 10.5. The van der Waals surface area contributed by atoms with E-state index in [9.17, 15) is 19.5 Å². The van der Waals surface area contributed by atoms with Crippen LogP contribution in [0, 0.1) is 0 Å². The van der Waals surface area contributed by atoms with Crippen LogP contribution in [-0.4, -0.2) is 35.7 Å². The molecule has 0 spiro atoms. The molecule has 1 heterocycles. The molecule has 0 aliphatic carbocycles. The highest BCUT2D eigenvalue weighted by Gasteiger charge is 2.24. The minimum absolute atomic E-state index is 0.0891. The Morgan fingerprint density at radius 3 is 2.29 bits per heavy atom. The van der Waals surface area contributed by atoms with Crippen molar-refractivity contribution in [3.63, 3.8) is 0 Å². The van der Waals surface area contributed by atoms with Crippen LogP contribution in [0.4, 0.5) is 0 Å². The second-order valence-corrected chi connectivity index (χ2v) is 7.54. The van der Waals surface area contributed by atoms with Gasteiger partial charge in [0.15, 0.2) is 11.5 Å². The Morgan fingerprint density at radius 1 is 0.912 bits per heavy atom. The van der Waals surface area contributed by atoms with Crippen LogP contribution in [-0.2, 0) is 16.0 Å².